The van der Waals surface area contributed by atoms with Gasteiger partial charge in [-0.1, -0.05) is 13.0 Å². The lowest BCUT2D eigenvalue weighted by molar-refractivity contribution is -0.136. The van der Waals surface area contributed by atoms with E-state index in [1.807, 2.05) is 13.8 Å². The minimum atomic E-state index is -0.839. The third-order valence-corrected chi connectivity index (χ3v) is 2.51. The van der Waals surface area contributed by atoms with E-state index in [2.05, 4.69) is 6.07 Å². The Bertz CT molecular complexity index is 430. The van der Waals surface area contributed by atoms with Crippen molar-refractivity contribution in [1.82, 2.24) is 0 Å². The second-order valence-electron chi connectivity index (χ2n) is 3.41. The van der Waals surface area contributed by atoms with Crippen LogP contribution >= 0.6 is 0 Å². The normalized spacial score (nSPS) is 9.67. The van der Waals surface area contributed by atoms with Crippen LogP contribution in [0.5, 0.6) is 0 Å². The first-order valence-corrected chi connectivity index (χ1v) is 4.83. The predicted octanol–water partition coefficient (Wildman–Crippen LogP) is 2.06. The summed E-state index contributed by atoms with van der Waals surface area (Å²) in [6.45, 7) is 3.83. The molecule has 15 heavy (non-hydrogen) atoms. The van der Waals surface area contributed by atoms with E-state index < -0.39 is 5.97 Å². The average molecular weight is 203 g/mol. The Kier molecular flexibility index (Phi) is 3.46. The smallest absolute Gasteiger partial charge is 0.307 e. The molecule has 0 radical (unpaired) electrons. The van der Waals surface area contributed by atoms with Crippen LogP contribution < -0.4 is 0 Å². The number of carboxylic acids is 1. The molecule has 1 N–H and O–H groups in total. The Balaban J connectivity index is 3.25. The number of carboxylic acid groups (broad SMARTS) is 1. The maximum Gasteiger partial charge on any atom is 0.307 e. The van der Waals surface area contributed by atoms with E-state index in [0.29, 0.717) is 5.56 Å². The fourth-order valence-corrected chi connectivity index (χ4v) is 1.75. The molecule has 0 atom stereocenters. The molecule has 0 aliphatic carbocycles. The zero-order valence-electron chi connectivity index (χ0n) is 8.87. The molecule has 0 bridgehead atoms. The molecule has 0 saturated carbocycles. The molecule has 1 aromatic carbocycles. The molecule has 0 aliphatic rings. The Morgan fingerprint density at radius 2 is 2.20 bits per heavy atom. The highest BCUT2D eigenvalue weighted by atomic mass is 16.4. The zero-order valence-corrected chi connectivity index (χ0v) is 8.87. The molecule has 0 unspecified atom stereocenters. The van der Waals surface area contributed by atoms with Gasteiger partial charge in [-0.05, 0) is 36.1 Å². The average Bonchev–Trinajstić information content (AvgIpc) is 2.18. The lowest BCUT2D eigenvalue weighted by Gasteiger charge is -2.10. The topological polar surface area (TPSA) is 61.1 Å². The monoisotopic (exact) mass is 203 g/mol. The van der Waals surface area contributed by atoms with Crippen molar-refractivity contribution in [2.75, 3.05) is 0 Å². The highest BCUT2D eigenvalue weighted by molar-refractivity contribution is 5.71. The van der Waals surface area contributed by atoms with Gasteiger partial charge in [0.15, 0.2) is 0 Å². The van der Waals surface area contributed by atoms with Crippen molar-refractivity contribution in [3.63, 3.8) is 0 Å². The van der Waals surface area contributed by atoms with Crippen molar-refractivity contribution in [3.05, 3.63) is 34.4 Å². The van der Waals surface area contributed by atoms with E-state index >= 15 is 0 Å². The van der Waals surface area contributed by atoms with Gasteiger partial charge in [-0.15, -0.1) is 0 Å². The van der Waals surface area contributed by atoms with Gasteiger partial charge in [0, 0.05) is 0 Å². The summed E-state index contributed by atoms with van der Waals surface area (Å²) in [6, 6.07) is 5.52. The van der Waals surface area contributed by atoms with Gasteiger partial charge in [0.1, 0.15) is 0 Å². The molecular formula is C12H13NO2. The number of nitriles is 1. The summed E-state index contributed by atoms with van der Waals surface area (Å²) in [6.07, 6.45) is 0.777. The highest BCUT2D eigenvalue weighted by Gasteiger charge is 2.10. The minimum Gasteiger partial charge on any atom is -0.481 e. The van der Waals surface area contributed by atoms with Crippen LogP contribution in [0.1, 0.15) is 29.2 Å². The van der Waals surface area contributed by atoms with E-state index in [9.17, 15) is 4.79 Å². The summed E-state index contributed by atoms with van der Waals surface area (Å²) in [5.41, 5.74) is 3.32. The fourth-order valence-electron chi connectivity index (χ4n) is 1.75. The zero-order chi connectivity index (χ0) is 11.4. The van der Waals surface area contributed by atoms with Gasteiger partial charge in [0.2, 0.25) is 0 Å². The lowest BCUT2D eigenvalue weighted by Crippen LogP contribution is -2.05. The van der Waals surface area contributed by atoms with E-state index in [-0.39, 0.29) is 6.42 Å². The van der Waals surface area contributed by atoms with Crippen molar-refractivity contribution in [1.29, 1.82) is 5.26 Å². The van der Waals surface area contributed by atoms with E-state index in [1.165, 1.54) is 0 Å². The number of nitrogens with zero attached hydrogens (tertiary/aromatic N) is 1. The van der Waals surface area contributed by atoms with Gasteiger partial charge in [-0.3, -0.25) is 4.79 Å². The van der Waals surface area contributed by atoms with Gasteiger partial charge in [-0.2, -0.15) is 5.26 Å². The number of benzene rings is 1. The van der Waals surface area contributed by atoms with Crippen LogP contribution in [0.15, 0.2) is 12.1 Å². The van der Waals surface area contributed by atoms with Crippen molar-refractivity contribution in [3.8, 4) is 6.07 Å². The molecule has 0 spiro atoms. The molecule has 0 aromatic heterocycles. The summed E-state index contributed by atoms with van der Waals surface area (Å²) in [7, 11) is 0. The largest absolute Gasteiger partial charge is 0.481 e. The Morgan fingerprint density at radius 3 is 2.67 bits per heavy atom. The van der Waals surface area contributed by atoms with E-state index in [4.69, 9.17) is 10.4 Å². The van der Waals surface area contributed by atoms with Crippen LogP contribution in [0, 0.1) is 18.3 Å². The van der Waals surface area contributed by atoms with Gasteiger partial charge >= 0.3 is 5.97 Å². The molecule has 1 rings (SSSR count). The number of hydrogen-bond donors (Lipinski definition) is 1. The van der Waals surface area contributed by atoms with Crippen molar-refractivity contribution < 1.29 is 9.90 Å². The number of aliphatic carboxylic acids is 1. The van der Waals surface area contributed by atoms with E-state index in [0.717, 1.165) is 23.1 Å². The van der Waals surface area contributed by atoms with Gasteiger partial charge < -0.3 is 5.11 Å². The van der Waals surface area contributed by atoms with Gasteiger partial charge in [-0.25, -0.2) is 0 Å². The first-order valence-electron chi connectivity index (χ1n) is 4.83. The van der Waals surface area contributed by atoms with Crippen LogP contribution in [0.25, 0.3) is 0 Å². The molecule has 78 valence electrons. The van der Waals surface area contributed by atoms with Gasteiger partial charge in [0.05, 0.1) is 18.1 Å². The summed E-state index contributed by atoms with van der Waals surface area (Å²) < 4.78 is 0. The maximum atomic E-state index is 10.6. The van der Waals surface area contributed by atoms with Crippen LogP contribution in [-0.2, 0) is 17.6 Å². The molecular weight excluding hydrogens is 190 g/mol. The van der Waals surface area contributed by atoms with Crippen LogP contribution in [-0.4, -0.2) is 11.1 Å². The molecule has 0 saturated heterocycles. The number of rotatable bonds is 3. The lowest BCUT2D eigenvalue weighted by atomic mass is 9.94. The Morgan fingerprint density at radius 1 is 1.53 bits per heavy atom. The fraction of sp³-hybridized carbons (Fsp3) is 0.333. The number of hydrogen-bond acceptors (Lipinski definition) is 2. The quantitative estimate of drug-likeness (QED) is 0.817. The standard InChI is InChI=1S/C12H13NO2/c1-3-11-8(2)10(7-13)5-4-9(11)6-12(14)15/h4-5H,3,6H2,1-2H3,(H,14,15). The third-order valence-electron chi connectivity index (χ3n) is 2.51. The van der Waals surface area contributed by atoms with Crippen LogP contribution in [0.2, 0.25) is 0 Å². The van der Waals surface area contributed by atoms with Crippen LogP contribution in [0.4, 0.5) is 0 Å². The molecule has 0 fully saturated rings. The molecule has 0 heterocycles. The SMILES string of the molecule is CCc1c(CC(=O)O)ccc(C#N)c1C. The first kappa shape index (κ1) is 11.3. The predicted molar refractivity (Wildman–Crippen MR) is 56.6 cm³/mol. The van der Waals surface area contributed by atoms with E-state index in [1.54, 1.807) is 12.1 Å². The summed E-state index contributed by atoms with van der Waals surface area (Å²) in [4.78, 5) is 10.6. The molecule has 1 aromatic rings. The minimum absolute atomic E-state index is 0.0235. The molecule has 0 amide bonds. The molecule has 3 nitrogen and oxygen atoms in total. The molecule has 0 aliphatic heterocycles. The Labute approximate surface area is 89.0 Å². The summed E-state index contributed by atoms with van der Waals surface area (Å²) in [5, 5.41) is 17.6. The Hall–Kier alpha value is -1.82. The highest BCUT2D eigenvalue weighted by Crippen LogP contribution is 2.19. The van der Waals surface area contributed by atoms with Gasteiger partial charge in [0.25, 0.3) is 0 Å². The second-order valence-corrected chi connectivity index (χ2v) is 3.41. The van der Waals surface area contributed by atoms with Crippen molar-refractivity contribution >= 4 is 5.97 Å². The maximum absolute atomic E-state index is 10.6. The first-order chi connectivity index (χ1) is 7.10. The summed E-state index contributed by atoms with van der Waals surface area (Å²) in [5.74, 6) is -0.839. The summed E-state index contributed by atoms with van der Waals surface area (Å²) >= 11 is 0. The van der Waals surface area contributed by atoms with Crippen molar-refractivity contribution in [2.24, 2.45) is 0 Å². The van der Waals surface area contributed by atoms with Crippen molar-refractivity contribution in [2.45, 2.75) is 26.7 Å². The third kappa shape index (κ3) is 2.35. The second kappa shape index (κ2) is 4.61. The molecule has 3 heteroatoms. The van der Waals surface area contributed by atoms with Crippen LogP contribution in [0.3, 0.4) is 0 Å². The number of carbonyl (C=O) groups is 1.